The molecule has 1 aliphatic heterocycles. The lowest BCUT2D eigenvalue weighted by atomic mass is 10.0. The van der Waals surface area contributed by atoms with Crippen molar-refractivity contribution in [2.45, 2.75) is 26.3 Å². The number of hydrogen-bond donors (Lipinski definition) is 1. The van der Waals surface area contributed by atoms with E-state index in [1.807, 2.05) is 0 Å². The predicted molar refractivity (Wildman–Crippen MR) is 69.3 cm³/mol. The number of nitrogens with zero attached hydrogens (tertiary/aromatic N) is 1. The van der Waals surface area contributed by atoms with Crippen LogP contribution in [0.2, 0.25) is 0 Å². The van der Waals surface area contributed by atoms with Crippen LogP contribution >= 0.6 is 0 Å². The highest BCUT2D eigenvalue weighted by Crippen LogP contribution is 2.22. The number of carbonyl (C=O) groups is 2. The average Bonchev–Trinajstić information content (AvgIpc) is 2.71. The number of aryl methyl sites for hydroxylation is 1. The van der Waals surface area contributed by atoms with Crippen molar-refractivity contribution in [3.8, 4) is 0 Å². The lowest BCUT2D eigenvalue weighted by Crippen LogP contribution is -2.29. The monoisotopic (exact) mass is 264 g/mol. The number of halogens is 1. The van der Waals surface area contributed by atoms with Crippen LogP contribution in [0.3, 0.4) is 0 Å². The van der Waals surface area contributed by atoms with Gasteiger partial charge in [0.25, 0.3) is 0 Å². The molecule has 0 aliphatic carbocycles. The van der Waals surface area contributed by atoms with Crippen molar-refractivity contribution in [1.82, 2.24) is 10.2 Å². The smallest absolute Gasteiger partial charge is 0.318 e. The summed E-state index contributed by atoms with van der Waals surface area (Å²) in [5.74, 6) is -0.185. The molecule has 1 aliphatic rings. The first kappa shape index (κ1) is 13.5. The zero-order valence-electron chi connectivity index (χ0n) is 11.1. The Morgan fingerprint density at radius 1 is 1.53 bits per heavy atom. The summed E-state index contributed by atoms with van der Waals surface area (Å²) >= 11 is 0. The maximum Gasteiger partial charge on any atom is 0.318 e. The van der Waals surface area contributed by atoms with E-state index < -0.39 is 0 Å². The van der Waals surface area contributed by atoms with E-state index in [9.17, 15) is 14.0 Å². The van der Waals surface area contributed by atoms with Gasteiger partial charge in [0.05, 0.1) is 6.04 Å². The molecule has 0 radical (unpaired) electrons. The first-order valence-corrected chi connectivity index (χ1v) is 6.28. The highest BCUT2D eigenvalue weighted by molar-refractivity contribution is 5.79. The Labute approximate surface area is 111 Å². The molecule has 19 heavy (non-hydrogen) atoms. The van der Waals surface area contributed by atoms with Gasteiger partial charge in [-0.25, -0.2) is 9.18 Å². The Kier molecular flexibility index (Phi) is 3.83. The number of nitrogens with one attached hydrogen (secondary N) is 1. The first-order valence-electron chi connectivity index (χ1n) is 6.28. The zero-order chi connectivity index (χ0) is 14.0. The third-order valence-corrected chi connectivity index (χ3v) is 3.31. The minimum Gasteiger partial charge on any atom is -0.329 e. The minimum absolute atomic E-state index is 0.0638. The molecule has 2 amide bonds. The topological polar surface area (TPSA) is 49.4 Å². The Morgan fingerprint density at radius 3 is 2.89 bits per heavy atom. The molecule has 1 N–H and O–H groups in total. The van der Waals surface area contributed by atoms with E-state index in [1.165, 1.54) is 13.0 Å². The van der Waals surface area contributed by atoms with Gasteiger partial charge < -0.3 is 10.2 Å². The van der Waals surface area contributed by atoms with E-state index in [-0.39, 0.29) is 23.7 Å². The number of rotatable bonds is 4. The summed E-state index contributed by atoms with van der Waals surface area (Å²) < 4.78 is 13.2. The summed E-state index contributed by atoms with van der Waals surface area (Å²) in [6.07, 6.45) is 0.364. The fourth-order valence-corrected chi connectivity index (χ4v) is 2.15. The molecule has 1 aromatic carbocycles. The van der Waals surface area contributed by atoms with Crippen LogP contribution in [-0.2, 0) is 4.79 Å². The van der Waals surface area contributed by atoms with Crippen molar-refractivity contribution in [2.24, 2.45) is 0 Å². The van der Waals surface area contributed by atoms with Crippen LogP contribution in [0.4, 0.5) is 9.18 Å². The first-order chi connectivity index (χ1) is 8.97. The molecule has 4 nitrogen and oxygen atoms in total. The van der Waals surface area contributed by atoms with Gasteiger partial charge in [0.15, 0.2) is 0 Å². The SMILES string of the molecule is CC(=O)CCN1CC(c2ccc(F)c(C)c2)NC1=O. The van der Waals surface area contributed by atoms with Gasteiger partial charge in [0.2, 0.25) is 0 Å². The molecule has 2 rings (SSSR count). The Hall–Kier alpha value is -1.91. The van der Waals surface area contributed by atoms with Gasteiger partial charge in [-0.3, -0.25) is 4.79 Å². The van der Waals surface area contributed by atoms with E-state index >= 15 is 0 Å². The summed E-state index contributed by atoms with van der Waals surface area (Å²) in [7, 11) is 0. The van der Waals surface area contributed by atoms with Crippen molar-refractivity contribution in [3.05, 3.63) is 35.1 Å². The van der Waals surface area contributed by atoms with Gasteiger partial charge in [-0.05, 0) is 31.0 Å². The number of carbonyl (C=O) groups excluding carboxylic acids is 2. The second kappa shape index (κ2) is 5.38. The molecule has 1 unspecified atom stereocenters. The molecule has 0 bridgehead atoms. The molecular weight excluding hydrogens is 247 g/mol. The molecule has 1 atom stereocenters. The maximum absolute atomic E-state index is 13.2. The number of Topliss-reactive ketones (excluding diaryl/α,β-unsaturated/α-hetero) is 1. The van der Waals surface area contributed by atoms with Gasteiger partial charge in [0, 0.05) is 19.5 Å². The molecule has 0 saturated carbocycles. The summed E-state index contributed by atoms with van der Waals surface area (Å²) in [4.78, 5) is 24.3. The molecule has 1 heterocycles. The third-order valence-electron chi connectivity index (χ3n) is 3.31. The third kappa shape index (κ3) is 3.10. The summed E-state index contributed by atoms with van der Waals surface area (Å²) in [5, 5.41) is 2.84. The minimum atomic E-state index is -0.249. The van der Waals surface area contributed by atoms with Gasteiger partial charge in [-0.2, -0.15) is 0 Å². The van der Waals surface area contributed by atoms with Gasteiger partial charge >= 0.3 is 6.03 Å². The van der Waals surface area contributed by atoms with E-state index in [0.29, 0.717) is 25.1 Å². The Balaban J connectivity index is 2.05. The van der Waals surface area contributed by atoms with Gasteiger partial charge in [0.1, 0.15) is 11.6 Å². The molecule has 0 spiro atoms. The molecular formula is C14H17FN2O2. The second-order valence-electron chi connectivity index (χ2n) is 4.91. The Bertz CT molecular complexity index is 516. The van der Waals surface area contributed by atoms with Crippen LogP contribution in [0.25, 0.3) is 0 Å². The van der Waals surface area contributed by atoms with Crippen molar-refractivity contribution < 1.29 is 14.0 Å². The fourth-order valence-electron chi connectivity index (χ4n) is 2.15. The fraction of sp³-hybridized carbons (Fsp3) is 0.429. The summed E-state index contributed by atoms with van der Waals surface area (Å²) in [6.45, 7) is 4.15. The van der Waals surface area contributed by atoms with Crippen LogP contribution in [0.5, 0.6) is 0 Å². The quantitative estimate of drug-likeness (QED) is 0.906. The molecule has 1 aromatic rings. The standard InChI is InChI=1S/C14H17FN2O2/c1-9-7-11(3-4-12(9)15)13-8-17(14(19)16-13)6-5-10(2)18/h3-4,7,13H,5-6,8H2,1-2H3,(H,16,19). The van der Waals surface area contributed by atoms with Crippen molar-refractivity contribution in [1.29, 1.82) is 0 Å². The van der Waals surface area contributed by atoms with Crippen LogP contribution < -0.4 is 5.32 Å². The zero-order valence-corrected chi connectivity index (χ0v) is 11.1. The summed E-state index contributed by atoms with van der Waals surface area (Å²) in [5.41, 5.74) is 1.45. The highest BCUT2D eigenvalue weighted by Gasteiger charge is 2.29. The lowest BCUT2D eigenvalue weighted by molar-refractivity contribution is -0.117. The normalized spacial score (nSPS) is 18.6. The average molecular weight is 264 g/mol. The molecule has 1 saturated heterocycles. The van der Waals surface area contributed by atoms with Gasteiger partial charge in [-0.15, -0.1) is 0 Å². The number of ketones is 1. The van der Waals surface area contributed by atoms with E-state index in [1.54, 1.807) is 24.0 Å². The van der Waals surface area contributed by atoms with Crippen molar-refractivity contribution in [2.75, 3.05) is 13.1 Å². The number of urea groups is 1. The Morgan fingerprint density at radius 2 is 2.26 bits per heavy atom. The lowest BCUT2D eigenvalue weighted by Gasteiger charge is -2.14. The molecule has 0 aromatic heterocycles. The van der Waals surface area contributed by atoms with Crippen LogP contribution in [0.1, 0.15) is 30.5 Å². The second-order valence-corrected chi connectivity index (χ2v) is 4.91. The summed E-state index contributed by atoms with van der Waals surface area (Å²) in [6, 6.07) is 4.53. The number of amides is 2. The number of hydrogen-bond acceptors (Lipinski definition) is 2. The number of benzene rings is 1. The van der Waals surface area contributed by atoms with Gasteiger partial charge in [-0.1, -0.05) is 12.1 Å². The molecule has 1 fully saturated rings. The van der Waals surface area contributed by atoms with Crippen LogP contribution in [0, 0.1) is 12.7 Å². The predicted octanol–water partition coefficient (Wildman–Crippen LogP) is 2.18. The van der Waals surface area contributed by atoms with E-state index in [4.69, 9.17) is 0 Å². The van der Waals surface area contributed by atoms with E-state index in [0.717, 1.165) is 5.56 Å². The van der Waals surface area contributed by atoms with Crippen LogP contribution in [-0.4, -0.2) is 29.8 Å². The highest BCUT2D eigenvalue weighted by atomic mass is 19.1. The van der Waals surface area contributed by atoms with E-state index in [2.05, 4.69) is 5.32 Å². The molecule has 102 valence electrons. The van der Waals surface area contributed by atoms with Crippen LogP contribution in [0.15, 0.2) is 18.2 Å². The van der Waals surface area contributed by atoms with Crippen molar-refractivity contribution >= 4 is 11.8 Å². The maximum atomic E-state index is 13.2. The largest absolute Gasteiger partial charge is 0.329 e. The van der Waals surface area contributed by atoms with Crippen molar-refractivity contribution in [3.63, 3.8) is 0 Å². The molecule has 5 heteroatoms.